The van der Waals surface area contributed by atoms with Crippen LogP contribution in [0.4, 0.5) is 0 Å². The predicted octanol–water partition coefficient (Wildman–Crippen LogP) is -0.0745. The largest absolute Gasteiger partial charge is 0.475 e. The third-order valence-corrected chi connectivity index (χ3v) is 1.87. The maximum absolute atomic E-state index is 10.9. The fraction of sp³-hybridized carbons (Fsp3) is 0.111. The number of aromatic nitrogens is 3. The van der Waals surface area contributed by atoms with Gasteiger partial charge in [-0.05, 0) is 6.07 Å². The van der Waals surface area contributed by atoms with Gasteiger partial charge in [-0.3, -0.25) is 4.79 Å². The molecule has 0 unspecified atom stereocenters. The number of hydrogen-bond donors (Lipinski definition) is 1. The van der Waals surface area contributed by atoms with Crippen LogP contribution in [0.3, 0.4) is 0 Å². The fourth-order valence-corrected chi connectivity index (χ4v) is 1.21. The van der Waals surface area contributed by atoms with E-state index in [1.165, 1.54) is 4.52 Å². The molecular weight excluding hydrogens is 198 g/mol. The SMILES string of the molecule is O=C(O)C(=O)Cc1cc2ncccn2n1. The first-order valence-corrected chi connectivity index (χ1v) is 4.22. The Morgan fingerprint density at radius 1 is 1.47 bits per heavy atom. The van der Waals surface area contributed by atoms with Crippen molar-refractivity contribution in [2.45, 2.75) is 6.42 Å². The van der Waals surface area contributed by atoms with Gasteiger partial charge in [0.15, 0.2) is 5.65 Å². The van der Waals surface area contributed by atoms with Gasteiger partial charge in [0.25, 0.3) is 0 Å². The molecule has 2 rings (SSSR count). The van der Waals surface area contributed by atoms with E-state index in [1.807, 2.05) is 0 Å². The lowest BCUT2D eigenvalue weighted by Crippen LogP contribution is -2.15. The molecule has 15 heavy (non-hydrogen) atoms. The average Bonchev–Trinajstić information content (AvgIpc) is 2.59. The van der Waals surface area contributed by atoms with Gasteiger partial charge in [-0.1, -0.05) is 0 Å². The Kier molecular flexibility index (Phi) is 2.17. The molecule has 76 valence electrons. The topological polar surface area (TPSA) is 84.6 Å². The van der Waals surface area contributed by atoms with Crippen molar-refractivity contribution < 1.29 is 14.7 Å². The minimum Gasteiger partial charge on any atom is -0.475 e. The van der Waals surface area contributed by atoms with E-state index in [0.717, 1.165) is 0 Å². The standard InChI is InChI=1S/C9H7N3O3/c13-7(9(14)15)4-6-5-8-10-2-1-3-12(8)11-6/h1-3,5H,4H2,(H,14,15). The first-order chi connectivity index (χ1) is 7.16. The van der Waals surface area contributed by atoms with Crippen LogP contribution in [0.5, 0.6) is 0 Å². The maximum atomic E-state index is 10.9. The summed E-state index contributed by atoms with van der Waals surface area (Å²) in [7, 11) is 0. The third kappa shape index (κ3) is 1.83. The zero-order valence-electron chi connectivity index (χ0n) is 7.62. The maximum Gasteiger partial charge on any atom is 0.372 e. The highest BCUT2D eigenvalue weighted by molar-refractivity contribution is 6.33. The van der Waals surface area contributed by atoms with Crippen LogP contribution in [0.2, 0.25) is 0 Å². The molecule has 0 radical (unpaired) electrons. The molecule has 6 nitrogen and oxygen atoms in total. The summed E-state index contributed by atoms with van der Waals surface area (Å²) in [6.07, 6.45) is 3.07. The first-order valence-electron chi connectivity index (χ1n) is 4.22. The zero-order chi connectivity index (χ0) is 10.8. The summed E-state index contributed by atoms with van der Waals surface area (Å²) in [5.41, 5.74) is 0.992. The van der Waals surface area contributed by atoms with Crippen molar-refractivity contribution in [3.05, 3.63) is 30.2 Å². The van der Waals surface area contributed by atoms with Crippen LogP contribution in [0.15, 0.2) is 24.5 Å². The molecule has 0 atom stereocenters. The Morgan fingerprint density at radius 3 is 2.93 bits per heavy atom. The van der Waals surface area contributed by atoms with Gasteiger partial charge in [0.05, 0.1) is 12.1 Å². The number of rotatable bonds is 3. The van der Waals surface area contributed by atoms with Gasteiger partial charge < -0.3 is 5.11 Å². The fourth-order valence-electron chi connectivity index (χ4n) is 1.21. The van der Waals surface area contributed by atoms with E-state index in [0.29, 0.717) is 11.3 Å². The molecule has 2 aromatic rings. The van der Waals surface area contributed by atoms with Crippen molar-refractivity contribution in [3.63, 3.8) is 0 Å². The lowest BCUT2D eigenvalue weighted by molar-refractivity contribution is -0.148. The highest BCUT2D eigenvalue weighted by Crippen LogP contribution is 2.03. The van der Waals surface area contributed by atoms with Gasteiger partial charge >= 0.3 is 5.97 Å². The van der Waals surface area contributed by atoms with Crippen molar-refractivity contribution in [1.29, 1.82) is 0 Å². The highest BCUT2D eigenvalue weighted by Gasteiger charge is 2.14. The van der Waals surface area contributed by atoms with E-state index in [-0.39, 0.29) is 6.42 Å². The second kappa shape index (κ2) is 3.49. The van der Waals surface area contributed by atoms with Gasteiger partial charge in [-0.25, -0.2) is 14.3 Å². The van der Waals surface area contributed by atoms with E-state index in [4.69, 9.17) is 5.11 Å². The minimum absolute atomic E-state index is 0.210. The van der Waals surface area contributed by atoms with Crippen LogP contribution in [0, 0.1) is 0 Å². The summed E-state index contributed by atoms with van der Waals surface area (Å²) in [5.74, 6) is -2.32. The quantitative estimate of drug-likeness (QED) is 0.708. The van der Waals surface area contributed by atoms with Crippen LogP contribution in [0.1, 0.15) is 5.69 Å². The Bertz CT molecular complexity index is 499. The van der Waals surface area contributed by atoms with Crippen LogP contribution >= 0.6 is 0 Å². The van der Waals surface area contributed by atoms with E-state index in [1.54, 1.807) is 24.5 Å². The van der Waals surface area contributed by atoms with E-state index >= 15 is 0 Å². The molecule has 0 bridgehead atoms. The summed E-state index contributed by atoms with van der Waals surface area (Å²) in [5, 5.41) is 12.4. The monoisotopic (exact) mass is 205 g/mol. The van der Waals surface area contributed by atoms with E-state index < -0.39 is 11.8 Å². The average molecular weight is 205 g/mol. The lowest BCUT2D eigenvalue weighted by atomic mass is 10.2. The normalized spacial score (nSPS) is 10.4. The molecule has 0 aliphatic heterocycles. The number of hydrogen-bond acceptors (Lipinski definition) is 4. The lowest BCUT2D eigenvalue weighted by Gasteiger charge is -1.89. The van der Waals surface area contributed by atoms with Crippen molar-refractivity contribution in [2.75, 3.05) is 0 Å². The molecular formula is C9H7N3O3. The molecule has 0 saturated heterocycles. The minimum atomic E-state index is -1.44. The Balaban J connectivity index is 2.30. The third-order valence-electron chi connectivity index (χ3n) is 1.87. The van der Waals surface area contributed by atoms with Gasteiger partial charge in [0.1, 0.15) is 0 Å². The van der Waals surface area contributed by atoms with Crippen molar-refractivity contribution >= 4 is 17.4 Å². The van der Waals surface area contributed by atoms with Crippen molar-refractivity contribution in [3.8, 4) is 0 Å². The molecule has 2 heterocycles. The summed E-state index contributed by atoms with van der Waals surface area (Å²) < 4.78 is 1.49. The molecule has 0 aromatic carbocycles. The number of carboxylic acids is 1. The van der Waals surface area contributed by atoms with Crippen molar-refractivity contribution in [2.24, 2.45) is 0 Å². The summed E-state index contributed by atoms with van der Waals surface area (Å²) in [4.78, 5) is 25.2. The molecule has 0 fully saturated rings. The number of carbonyl (C=O) groups excluding carboxylic acids is 1. The molecule has 0 aliphatic carbocycles. The highest BCUT2D eigenvalue weighted by atomic mass is 16.4. The number of ketones is 1. The molecule has 6 heteroatoms. The number of nitrogens with zero attached hydrogens (tertiary/aromatic N) is 3. The summed E-state index contributed by atoms with van der Waals surface area (Å²) in [6, 6.07) is 3.28. The Labute approximate surface area is 84.2 Å². The first kappa shape index (κ1) is 9.32. The van der Waals surface area contributed by atoms with Crippen LogP contribution in [0.25, 0.3) is 5.65 Å². The number of carbonyl (C=O) groups is 2. The van der Waals surface area contributed by atoms with Crippen molar-refractivity contribution in [1.82, 2.24) is 14.6 Å². The summed E-state index contributed by atoms with van der Waals surface area (Å²) >= 11 is 0. The zero-order valence-corrected chi connectivity index (χ0v) is 7.62. The number of aliphatic carboxylic acids is 1. The molecule has 0 saturated carbocycles. The Morgan fingerprint density at radius 2 is 2.27 bits per heavy atom. The second-order valence-corrected chi connectivity index (χ2v) is 2.96. The van der Waals surface area contributed by atoms with E-state index in [9.17, 15) is 9.59 Å². The van der Waals surface area contributed by atoms with Gasteiger partial charge in [-0.15, -0.1) is 0 Å². The number of carboxylic acid groups (broad SMARTS) is 1. The smallest absolute Gasteiger partial charge is 0.372 e. The number of Topliss-reactive ketones (excluding diaryl/α,β-unsaturated/α-hetero) is 1. The van der Waals surface area contributed by atoms with Gasteiger partial charge in [-0.2, -0.15) is 5.10 Å². The van der Waals surface area contributed by atoms with Crippen LogP contribution in [-0.4, -0.2) is 31.5 Å². The summed E-state index contributed by atoms with van der Waals surface area (Å²) in [6.45, 7) is 0. The second-order valence-electron chi connectivity index (χ2n) is 2.96. The van der Waals surface area contributed by atoms with Crippen LogP contribution in [-0.2, 0) is 16.0 Å². The Hall–Kier alpha value is -2.24. The van der Waals surface area contributed by atoms with Gasteiger partial charge in [0, 0.05) is 18.5 Å². The van der Waals surface area contributed by atoms with Crippen LogP contribution < -0.4 is 0 Å². The predicted molar refractivity (Wildman–Crippen MR) is 49.3 cm³/mol. The molecule has 2 aromatic heterocycles. The van der Waals surface area contributed by atoms with Gasteiger partial charge in [0.2, 0.25) is 5.78 Å². The molecule has 0 amide bonds. The molecule has 0 spiro atoms. The van der Waals surface area contributed by atoms with E-state index in [2.05, 4.69) is 10.1 Å². The molecule has 0 aliphatic rings. The number of fused-ring (bicyclic) bond motifs is 1. The molecule has 1 N–H and O–H groups in total.